The maximum atomic E-state index is 12.8. The summed E-state index contributed by atoms with van der Waals surface area (Å²) >= 11 is 0. The number of rotatable bonds is 7. The first-order chi connectivity index (χ1) is 15.1. The van der Waals surface area contributed by atoms with Gasteiger partial charge < -0.3 is 24.8 Å². The van der Waals surface area contributed by atoms with E-state index >= 15 is 0 Å². The first kappa shape index (κ1) is 20.3. The van der Waals surface area contributed by atoms with Gasteiger partial charge in [0.1, 0.15) is 5.75 Å². The van der Waals surface area contributed by atoms with Gasteiger partial charge in [-0.2, -0.15) is 0 Å². The van der Waals surface area contributed by atoms with Crippen molar-refractivity contribution in [2.45, 2.75) is 13.0 Å². The summed E-state index contributed by atoms with van der Waals surface area (Å²) < 4.78 is 16.1. The van der Waals surface area contributed by atoms with Gasteiger partial charge in [0.15, 0.2) is 18.1 Å². The summed E-state index contributed by atoms with van der Waals surface area (Å²) in [7, 11) is 0. The maximum absolute atomic E-state index is 12.8. The summed E-state index contributed by atoms with van der Waals surface area (Å²) in [5, 5.41) is 5.71. The molecule has 0 fully saturated rings. The lowest BCUT2D eigenvalue weighted by Crippen LogP contribution is -2.28. The number of para-hydroxylation sites is 1. The Balaban J connectivity index is 1.37. The van der Waals surface area contributed by atoms with Crippen LogP contribution in [0.3, 0.4) is 0 Å². The second kappa shape index (κ2) is 9.21. The second-order valence-corrected chi connectivity index (χ2v) is 7.00. The Morgan fingerprint density at radius 3 is 2.55 bits per heavy atom. The lowest BCUT2D eigenvalue weighted by atomic mass is 10.1. The zero-order valence-corrected chi connectivity index (χ0v) is 17.0. The van der Waals surface area contributed by atoms with E-state index in [0.29, 0.717) is 28.5 Å². The van der Waals surface area contributed by atoms with Crippen LogP contribution in [0, 0.1) is 0 Å². The van der Waals surface area contributed by atoms with Gasteiger partial charge >= 0.3 is 0 Å². The van der Waals surface area contributed by atoms with E-state index in [1.165, 1.54) is 0 Å². The molecule has 3 aromatic carbocycles. The van der Waals surface area contributed by atoms with Crippen molar-refractivity contribution in [1.82, 2.24) is 5.32 Å². The fourth-order valence-corrected chi connectivity index (χ4v) is 3.19. The van der Waals surface area contributed by atoms with E-state index in [1.807, 2.05) is 37.3 Å². The van der Waals surface area contributed by atoms with Crippen molar-refractivity contribution in [2.75, 3.05) is 18.7 Å². The van der Waals surface area contributed by atoms with Gasteiger partial charge in [0.2, 0.25) is 6.79 Å². The summed E-state index contributed by atoms with van der Waals surface area (Å²) in [6.07, 6.45) is 0. The summed E-state index contributed by atoms with van der Waals surface area (Å²) in [5.74, 6) is 1.05. The van der Waals surface area contributed by atoms with Crippen molar-refractivity contribution >= 4 is 17.5 Å². The number of carbonyl (C=O) groups is 2. The molecule has 0 aliphatic carbocycles. The third-order valence-corrected chi connectivity index (χ3v) is 4.81. The highest BCUT2D eigenvalue weighted by Gasteiger charge is 2.17. The molecular formula is C24H22N2O5. The minimum atomic E-state index is -0.381. The highest BCUT2D eigenvalue weighted by Crippen LogP contribution is 2.35. The van der Waals surface area contributed by atoms with E-state index in [9.17, 15) is 9.59 Å². The number of hydrogen-bond donors (Lipinski definition) is 2. The van der Waals surface area contributed by atoms with Crippen LogP contribution in [0.1, 0.15) is 28.9 Å². The molecule has 0 saturated heterocycles. The zero-order chi connectivity index (χ0) is 21.6. The molecular weight excluding hydrogens is 396 g/mol. The van der Waals surface area contributed by atoms with Gasteiger partial charge in [0.05, 0.1) is 17.3 Å². The molecule has 1 aliphatic heterocycles. The molecule has 2 amide bonds. The van der Waals surface area contributed by atoms with Crippen molar-refractivity contribution in [3.63, 3.8) is 0 Å². The molecule has 1 heterocycles. The third-order valence-electron chi connectivity index (χ3n) is 4.81. The molecule has 0 bridgehead atoms. The van der Waals surface area contributed by atoms with Gasteiger partial charge in [-0.25, -0.2) is 0 Å². The van der Waals surface area contributed by atoms with E-state index in [-0.39, 0.29) is 31.3 Å². The first-order valence-electron chi connectivity index (χ1n) is 9.87. The number of amides is 2. The SMILES string of the molecule is CC(NC(=O)c1ccccc1NC(=O)COc1ccc2c(c1)OCO2)c1ccccc1. The number of anilines is 1. The average molecular weight is 418 g/mol. The normalized spacial score (nSPS) is 12.7. The monoisotopic (exact) mass is 418 g/mol. The summed E-state index contributed by atoms with van der Waals surface area (Å²) in [4.78, 5) is 25.2. The van der Waals surface area contributed by atoms with Crippen LogP contribution in [0.4, 0.5) is 5.69 Å². The zero-order valence-electron chi connectivity index (χ0n) is 17.0. The Labute approximate surface area is 179 Å². The molecule has 4 rings (SSSR count). The highest BCUT2D eigenvalue weighted by atomic mass is 16.7. The van der Waals surface area contributed by atoms with Crippen LogP contribution >= 0.6 is 0 Å². The van der Waals surface area contributed by atoms with Crippen LogP contribution < -0.4 is 24.8 Å². The van der Waals surface area contributed by atoms with Crippen LogP contribution in [-0.4, -0.2) is 25.2 Å². The van der Waals surface area contributed by atoms with Gasteiger partial charge in [-0.15, -0.1) is 0 Å². The fourth-order valence-electron chi connectivity index (χ4n) is 3.19. The van der Waals surface area contributed by atoms with Crippen LogP contribution in [0.25, 0.3) is 0 Å². The quantitative estimate of drug-likeness (QED) is 0.607. The van der Waals surface area contributed by atoms with Gasteiger partial charge in [-0.05, 0) is 36.8 Å². The second-order valence-electron chi connectivity index (χ2n) is 7.00. The Morgan fingerprint density at radius 1 is 0.968 bits per heavy atom. The molecule has 31 heavy (non-hydrogen) atoms. The van der Waals surface area contributed by atoms with Crippen molar-refractivity contribution in [1.29, 1.82) is 0 Å². The van der Waals surface area contributed by atoms with Crippen LogP contribution in [-0.2, 0) is 4.79 Å². The maximum Gasteiger partial charge on any atom is 0.262 e. The van der Waals surface area contributed by atoms with Crippen molar-refractivity contribution in [3.05, 3.63) is 83.9 Å². The molecule has 158 valence electrons. The number of nitrogens with one attached hydrogen (secondary N) is 2. The van der Waals surface area contributed by atoms with Gasteiger partial charge in [0.25, 0.3) is 11.8 Å². The van der Waals surface area contributed by atoms with Crippen molar-refractivity contribution in [2.24, 2.45) is 0 Å². The summed E-state index contributed by atoms with van der Waals surface area (Å²) in [6, 6.07) is 21.4. The lowest BCUT2D eigenvalue weighted by molar-refractivity contribution is -0.118. The molecule has 1 aliphatic rings. The molecule has 3 aromatic rings. The van der Waals surface area contributed by atoms with Crippen LogP contribution in [0.15, 0.2) is 72.8 Å². The van der Waals surface area contributed by atoms with Crippen LogP contribution in [0.5, 0.6) is 17.2 Å². The number of benzene rings is 3. The Morgan fingerprint density at radius 2 is 1.71 bits per heavy atom. The molecule has 0 radical (unpaired) electrons. The van der Waals surface area contributed by atoms with Gasteiger partial charge in [0, 0.05) is 6.07 Å². The predicted molar refractivity (Wildman–Crippen MR) is 115 cm³/mol. The van der Waals surface area contributed by atoms with Crippen molar-refractivity contribution < 1.29 is 23.8 Å². The van der Waals surface area contributed by atoms with Crippen molar-refractivity contribution in [3.8, 4) is 17.2 Å². The number of carbonyl (C=O) groups excluding carboxylic acids is 2. The smallest absolute Gasteiger partial charge is 0.262 e. The Kier molecular flexibility index (Phi) is 6.03. The van der Waals surface area contributed by atoms with Crippen LogP contribution in [0.2, 0.25) is 0 Å². The van der Waals surface area contributed by atoms with E-state index in [1.54, 1.807) is 42.5 Å². The van der Waals surface area contributed by atoms with E-state index in [0.717, 1.165) is 5.56 Å². The molecule has 1 atom stereocenters. The molecule has 0 spiro atoms. The number of fused-ring (bicyclic) bond motifs is 1. The predicted octanol–water partition coefficient (Wildman–Crippen LogP) is 3.92. The van der Waals surface area contributed by atoms with E-state index in [4.69, 9.17) is 14.2 Å². The number of hydrogen-bond acceptors (Lipinski definition) is 5. The largest absolute Gasteiger partial charge is 0.484 e. The number of ether oxygens (including phenoxy) is 3. The molecule has 2 N–H and O–H groups in total. The lowest BCUT2D eigenvalue weighted by Gasteiger charge is -2.16. The van der Waals surface area contributed by atoms with Gasteiger partial charge in [-0.3, -0.25) is 9.59 Å². The molecule has 7 nitrogen and oxygen atoms in total. The van der Waals surface area contributed by atoms with E-state index < -0.39 is 0 Å². The molecule has 0 aromatic heterocycles. The standard InChI is InChI=1S/C24H22N2O5/c1-16(17-7-3-2-4-8-17)25-24(28)19-9-5-6-10-20(19)26-23(27)14-29-18-11-12-21-22(13-18)31-15-30-21/h2-13,16H,14-15H2,1H3,(H,25,28)(H,26,27). The summed E-state index contributed by atoms with van der Waals surface area (Å²) in [5.41, 5.74) is 1.79. The average Bonchev–Trinajstić information content (AvgIpc) is 3.26. The van der Waals surface area contributed by atoms with Gasteiger partial charge in [-0.1, -0.05) is 42.5 Å². The first-order valence-corrected chi connectivity index (χ1v) is 9.87. The minimum Gasteiger partial charge on any atom is -0.484 e. The summed E-state index contributed by atoms with van der Waals surface area (Å²) in [6.45, 7) is 1.87. The fraction of sp³-hybridized carbons (Fsp3) is 0.167. The topological polar surface area (TPSA) is 85.9 Å². The minimum absolute atomic E-state index is 0.168. The van der Waals surface area contributed by atoms with E-state index in [2.05, 4.69) is 10.6 Å². The third kappa shape index (κ3) is 4.95. The molecule has 1 unspecified atom stereocenters. The molecule has 7 heteroatoms. The Bertz CT molecular complexity index is 1080. The molecule has 0 saturated carbocycles. The highest BCUT2D eigenvalue weighted by molar-refractivity contribution is 6.04. The Hall–Kier alpha value is -4.00.